The Bertz CT molecular complexity index is 629. The number of benzene rings is 1. The maximum Gasteiger partial charge on any atom is 0.255 e. The Kier molecular flexibility index (Phi) is 8.63. The lowest BCUT2D eigenvalue weighted by atomic mass is 10.0. The van der Waals surface area contributed by atoms with Crippen molar-refractivity contribution in [2.45, 2.75) is 31.4 Å². The number of nitrogens with zero attached hydrogens (tertiary/aromatic N) is 1. The van der Waals surface area contributed by atoms with Crippen molar-refractivity contribution in [2.24, 2.45) is 0 Å². The smallest absolute Gasteiger partial charge is 0.255 e. The van der Waals surface area contributed by atoms with E-state index in [-0.39, 0.29) is 18.1 Å². The summed E-state index contributed by atoms with van der Waals surface area (Å²) in [4.78, 5) is 15.2. The molecule has 1 aliphatic rings. The van der Waals surface area contributed by atoms with E-state index >= 15 is 0 Å². The normalized spacial score (nSPS) is 20.4. The lowest BCUT2D eigenvalue weighted by Gasteiger charge is -2.38. The van der Waals surface area contributed by atoms with Gasteiger partial charge in [0.25, 0.3) is 5.91 Å². The summed E-state index contributed by atoms with van der Waals surface area (Å²) >= 11 is 6.08. The molecule has 2 rings (SSSR count). The van der Waals surface area contributed by atoms with Gasteiger partial charge in [0.1, 0.15) is 5.75 Å². The number of carbonyl (C=O) groups excluding carboxylic acids is 1. The Morgan fingerprint density at radius 3 is 2.81 bits per heavy atom. The van der Waals surface area contributed by atoms with E-state index in [0.717, 1.165) is 45.4 Å². The van der Waals surface area contributed by atoms with Gasteiger partial charge < -0.3 is 30.7 Å². The number of hydrogen-bond donors (Lipinski definition) is 3. The minimum atomic E-state index is -0.233. The third-order valence-electron chi connectivity index (χ3n) is 4.98. The van der Waals surface area contributed by atoms with E-state index in [2.05, 4.69) is 15.5 Å². The van der Waals surface area contributed by atoms with E-state index in [9.17, 15) is 4.79 Å². The topological polar surface area (TPSA) is 88.9 Å². The second kappa shape index (κ2) is 10.7. The summed E-state index contributed by atoms with van der Waals surface area (Å²) in [6.45, 7) is 3.82. The second-order valence-electron chi connectivity index (χ2n) is 6.83. The number of nitrogen functional groups attached to an aromatic ring is 1. The SMILES string of the molecule is CNCCCCN1CC[C@@H](NC(=O)c2cc(Cl)c(N)cc2OC)[C@@H](OC)C1. The molecule has 8 heteroatoms. The number of hydrogen-bond acceptors (Lipinski definition) is 6. The van der Waals surface area contributed by atoms with Gasteiger partial charge in [-0.15, -0.1) is 0 Å². The van der Waals surface area contributed by atoms with Crippen LogP contribution in [0.15, 0.2) is 12.1 Å². The summed E-state index contributed by atoms with van der Waals surface area (Å²) < 4.78 is 10.9. The Hall–Kier alpha value is -1.54. The van der Waals surface area contributed by atoms with Crippen LogP contribution in [0.5, 0.6) is 5.75 Å². The van der Waals surface area contributed by atoms with Gasteiger partial charge in [0.05, 0.1) is 35.5 Å². The number of unbranched alkanes of at least 4 members (excludes halogenated alkanes) is 1. The largest absolute Gasteiger partial charge is 0.496 e. The maximum atomic E-state index is 12.8. The molecule has 0 aromatic heterocycles. The predicted molar refractivity (Wildman–Crippen MR) is 109 cm³/mol. The standard InChI is InChI=1S/C19H31ClN4O3/c1-22-7-4-5-8-24-9-6-16(18(12-24)27-3)23-19(25)13-10-14(20)15(21)11-17(13)26-2/h10-11,16,18,22H,4-9,12,21H2,1-3H3,(H,23,25)/t16-,18+/m1/s1. The monoisotopic (exact) mass is 398 g/mol. The number of nitrogens with one attached hydrogen (secondary N) is 2. The summed E-state index contributed by atoms with van der Waals surface area (Å²) in [5, 5.41) is 6.58. The minimum Gasteiger partial charge on any atom is -0.496 e. The van der Waals surface area contributed by atoms with Crippen molar-refractivity contribution in [3.05, 3.63) is 22.7 Å². The van der Waals surface area contributed by atoms with Crippen LogP contribution < -0.4 is 21.1 Å². The van der Waals surface area contributed by atoms with E-state index in [1.165, 1.54) is 7.11 Å². The molecular weight excluding hydrogens is 368 g/mol. The van der Waals surface area contributed by atoms with Crippen LogP contribution >= 0.6 is 11.6 Å². The molecule has 0 saturated carbocycles. The molecule has 0 spiro atoms. The molecule has 4 N–H and O–H groups in total. The summed E-state index contributed by atoms with van der Waals surface area (Å²) in [7, 11) is 5.16. The van der Waals surface area contributed by atoms with Crippen LogP contribution in [0.3, 0.4) is 0 Å². The highest BCUT2D eigenvalue weighted by atomic mass is 35.5. The number of nitrogens with two attached hydrogens (primary N) is 1. The molecule has 1 aromatic rings. The highest BCUT2D eigenvalue weighted by Crippen LogP contribution is 2.29. The number of carbonyl (C=O) groups is 1. The number of piperidine rings is 1. The van der Waals surface area contributed by atoms with Crippen LogP contribution in [0.2, 0.25) is 5.02 Å². The molecule has 1 aliphatic heterocycles. The van der Waals surface area contributed by atoms with E-state index in [4.69, 9.17) is 26.8 Å². The summed E-state index contributed by atoms with van der Waals surface area (Å²) in [5.74, 6) is 0.175. The van der Waals surface area contributed by atoms with Crippen LogP contribution in [-0.2, 0) is 4.74 Å². The van der Waals surface area contributed by atoms with Gasteiger partial charge in [0.2, 0.25) is 0 Å². The van der Waals surface area contributed by atoms with Crippen molar-refractivity contribution >= 4 is 23.2 Å². The molecule has 0 bridgehead atoms. The third-order valence-corrected chi connectivity index (χ3v) is 5.30. The van der Waals surface area contributed by atoms with Gasteiger partial charge in [-0.1, -0.05) is 11.6 Å². The quantitative estimate of drug-likeness (QED) is 0.434. The highest BCUT2D eigenvalue weighted by Gasteiger charge is 2.31. The highest BCUT2D eigenvalue weighted by molar-refractivity contribution is 6.33. The van der Waals surface area contributed by atoms with Gasteiger partial charge in [-0.2, -0.15) is 0 Å². The van der Waals surface area contributed by atoms with E-state index < -0.39 is 0 Å². The van der Waals surface area contributed by atoms with Crippen LogP contribution in [0.25, 0.3) is 0 Å². The van der Waals surface area contributed by atoms with Crippen LogP contribution in [-0.4, -0.2) is 70.4 Å². The molecule has 1 aromatic carbocycles. The lowest BCUT2D eigenvalue weighted by molar-refractivity contribution is 0.00602. The van der Waals surface area contributed by atoms with E-state index in [1.807, 2.05) is 7.05 Å². The zero-order chi connectivity index (χ0) is 19.8. The van der Waals surface area contributed by atoms with Crippen LogP contribution in [0.1, 0.15) is 29.6 Å². The molecule has 1 saturated heterocycles. The molecular formula is C19H31ClN4O3. The van der Waals surface area contributed by atoms with Crippen molar-refractivity contribution in [3.8, 4) is 5.75 Å². The first-order chi connectivity index (χ1) is 13.0. The Labute approximate surface area is 166 Å². The number of amides is 1. The van der Waals surface area contributed by atoms with Gasteiger partial charge in [-0.05, 0) is 45.5 Å². The van der Waals surface area contributed by atoms with Gasteiger partial charge in [0, 0.05) is 26.3 Å². The molecule has 0 unspecified atom stereocenters. The maximum absolute atomic E-state index is 12.8. The lowest BCUT2D eigenvalue weighted by Crippen LogP contribution is -2.54. The molecule has 1 heterocycles. The summed E-state index contributed by atoms with van der Waals surface area (Å²) in [6, 6.07) is 3.06. The number of methoxy groups -OCH3 is 2. The molecule has 1 amide bonds. The van der Waals surface area contributed by atoms with Crippen molar-refractivity contribution in [2.75, 3.05) is 53.2 Å². The van der Waals surface area contributed by atoms with Crippen molar-refractivity contribution in [1.29, 1.82) is 0 Å². The van der Waals surface area contributed by atoms with Crippen LogP contribution in [0, 0.1) is 0 Å². The first kappa shape index (κ1) is 21.8. The molecule has 0 radical (unpaired) electrons. The first-order valence-electron chi connectivity index (χ1n) is 9.33. The zero-order valence-corrected chi connectivity index (χ0v) is 17.1. The number of ether oxygens (including phenoxy) is 2. The first-order valence-corrected chi connectivity index (χ1v) is 9.71. The Balaban J connectivity index is 1.97. The number of anilines is 1. The van der Waals surface area contributed by atoms with Crippen molar-refractivity contribution in [3.63, 3.8) is 0 Å². The molecule has 0 aliphatic carbocycles. The fraction of sp³-hybridized carbons (Fsp3) is 0.632. The Morgan fingerprint density at radius 2 is 2.15 bits per heavy atom. The Morgan fingerprint density at radius 1 is 1.37 bits per heavy atom. The van der Waals surface area contributed by atoms with Crippen molar-refractivity contribution < 1.29 is 14.3 Å². The summed E-state index contributed by atoms with van der Waals surface area (Å²) in [6.07, 6.45) is 3.08. The number of rotatable bonds is 9. The average molecular weight is 399 g/mol. The van der Waals surface area contributed by atoms with Gasteiger partial charge >= 0.3 is 0 Å². The minimum absolute atomic E-state index is 0.0535. The number of halogens is 1. The van der Waals surface area contributed by atoms with Gasteiger partial charge in [-0.25, -0.2) is 0 Å². The third kappa shape index (κ3) is 5.97. The van der Waals surface area contributed by atoms with Gasteiger partial charge in [-0.3, -0.25) is 4.79 Å². The molecule has 27 heavy (non-hydrogen) atoms. The molecule has 1 fully saturated rings. The van der Waals surface area contributed by atoms with Gasteiger partial charge in [0.15, 0.2) is 0 Å². The second-order valence-corrected chi connectivity index (χ2v) is 7.24. The molecule has 2 atom stereocenters. The molecule has 152 valence electrons. The fourth-order valence-corrected chi connectivity index (χ4v) is 3.55. The zero-order valence-electron chi connectivity index (χ0n) is 16.4. The van der Waals surface area contributed by atoms with Crippen LogP contribution in [0.4, 0.5) is 5.69 Å². The average Bonchev–Trinajstić information content (AvgIpc) is 2.67. The van der Waals surface area contributed by atoms with Crippen molar-refractivity contribution in [1.82, 2.24) is 15.5 Å². The van der Waals surface area contributed by atoms with E-state index in [1.54, 1.807) is 19.2 Å². The summed E-state index contributed by atoms with van der Waals surface area (Å²) in [5.41, 5.74) is 6.55. The predicted octanol–water partition coefficient (Wildman–Crippen LogP) is 1.75. The molecule has 7 nitrogen and oxygen atoms in total. The fourth-order valence-electron chi connectivity index (χ4n) is 3.39. The van der Waals surface area contributed by atoms with E-state index in [0.29, 0.717) is 22.0 Å². The number of likely N-dealkylation sites (tertiary alicyclic amines) is 1.